The Hall–Kier alpha value is -1.62. The maximum Gasteiger partial charge on any atom is 0.322 e. The standard InChI is InChI=1S/C11H14FNO3/c1-15-8-4-3-7(9(12)6-8)5-10(13)11(14)16-2/h3-4,6,10H,5,13H2,1-2H3/t10-/m0/s1. The van der Waals surface area contributed by atoms with Gasteiger partial charge in [-0.2, -0.15) is 0 Å². The number of nitrogens with two attached hydrogens (primary N) is 1. The molecule has 1 rings (SSSR count). The molecule has 1 aromatic carbocycles. The van der Waals surface area contributed by atoms with E-state index in [1.165, 1.54) is 26.4 Å². The van der Waals surface area contributed by atoms with Gasteiger partial charge in [0.15, 0.2) is 0 Å². The first kappa shape index (κ1) is 12.4. The van der Waals surface area contributed by atoms with Crippen LogP contribution in [0.15, 0.2) is 18.2 Å². The second kappa shape index (κ2) is 5.46. The highest BCUT2D eigenvalue weighted by atomic mass is 19.1. The summed E-state index contributed by atoms with van der Waals surface area (Å²) < 4.78 is 22.8. The SMILES string of the molecule is COC(=O)[C@@H](N)Cc1ccc(OC)cc1F. The van der Waals surface area contributed by atoms with Crippen molar-refractivity contribution in [2.75, 3.05) is 14.2 Å². The van der Waals surface area contributed by atoms with Crippen LogP contribution in [-0.4, -0.2) is 26.2 Å². The van der Waals surface area contributed by atoms with E-state index in [9.17, 15) is 9.18 Å². The normalized spacial score (nSPS) is 12.0. The molecule has 2 N–H and O–H groups in total. The quantitative estimate of drug-likeness (QED) is 0.775. The van der Waals surface area contributed by atoms with Gasteiger partial charge in [-0.1, -0.05) is 6.07 Å². The number of benzene rings is 1. The van der Waals surface area contributed by atoms with Crippen molar-refractivity contribution in [3.8, 4) is 5.75 Å². The molecule has 0 heterocycles. The molecular formula is C11H14FNO3. The van der Waals surface area contributed by atoms with Crippen LogP contribution >= 0.6 is 0 Å². The third-order valence-corrected chi connectivity index (χ3v) is 2.20. The number of carbonyl (C=O) groups excluding carboxylic acids is 1. The molecule has 0 aliphatic rings. The number of halogens is 1. The zero-order chi connectivity index (χ0) is 12.1. The lowest BCUT2D eigenvalue weighted by Gasteiger charge is -2.10. The Morgan fingerprint density at radius 1 is 1.50 bits per heavy atom. The lowest BCUT2D eigenvalue weighted by atomic mass is 10.1. The van der Waals surface area contributed by atoms with Crippen molar-refractivity contribution in [1.29, 1.82) is 0 Å². The van der Waals surface area contributed by atoms with Gasteiger partial charge >= 0.3 is 5.97 Å². The highest BCUT2D eigenvalue weighted by molar-refractivity contribution is 5.75. The van der Waals surface area contributed by atoms with Gasteiger partial charge in [0.25, 0.3) is 0 Å². The molecule has 0 saturated carbocycles. The molecule has 0 bridgehead atoms. The first-order valence-electron chi connectivity index (χ1n) is 4.74. The van der Waals surface area contributed by atoms with Crippen LogP contribution in [-0.2, 0) is 16.0 Å². The lowest BCUT2D eigenvalue weighted by molar-refractivity contribution is -0.142. The van der Waals surface area contributed by atoms with Gasteiger partial charge in [-0.05, 0) is 11.6 Å². The predicted molar refractivity (Wildman–Crippen MR) is 56.6 cm³/mol. The predicted octanol–water partition coefficient (Wildman–Crippen LogP) is 0.877. The van der Waals surface area contributed by atoms with Gasteiger partial charge in [0.2, 0.25) is 0 Å². The van der Waals surface area contributed by atoms with Crippen LogP contribution in [0.4, 0.5) is 4.39 Å². The molecule has 0 aromatic heterocycles. The Morgan fingerprint density at radius 3 is 2.69 bits per heavy atom. The highest BCUT2D eigenvalue weighted by Crippen LogP contribution is 2.17. The molecule has 0 aliphatic heterocycles. The number of carbonyl (C=O) groups is 1. The number of ether oxygens (including phenoxy) is 2. The second-order valence-electron chi connectivity index (χ2n) is 3.29. The van der Waals surface area contributed by atoms with Crippen LogP contribution in [0.25, 0.3) is 0 Å². The van der Waals surface area contributed by atoms with Crippen molar-refractivity contribution in [3.63, 3.8) is 0 Å². The number of esters is 1. The first-order valence-corrected chi connectivity index (χ1v) is 4.74. The van der Waals surface area contributed by atoms with Gasteiger partial charge in [0, 0.05) is 12.5 Å². The minimum atomic E-state index is -0.854. The van der Waals surface area contributed by atoms with Crippen LogP contribution in [0.1, 0.15) is 5.56 Å². The molecule has 1 aromatic rings. The van der Waals surface area contributed by atoms with E-state index in [0.29, 0.717) is 11.3 Å². The zero-order valence-electron chi connectivity index (χ0n) is 9.20. The van der Waals surface area contributed by atoms with Crippen LogP contribution < -0.4 is 10.5 Å². The van der Waals surface area contributed by atoms with Crippen molar-refractivity contribution in [1.82, 2.24) is 0 Å². The molecule has 0 amide bonds. The smallest absolute Gasteiger partial charge is 0.322 e. The number of hydrogen-bond acceptors (Lipinski definition) is 4. The Kier molecular flexibility index (Phi) is 4.25. The minimum Gasteiger partial charge on any atom is -0.497 e. The molecule has 0 radical (unpaired) electrons. The first-order chi connectivity index (χ1) is 7.58. The largest absolute Gasteiger partial charge is 0.497 e. The van der Waals surface area contributed by atoms with Crippen molar-refractivity contribution < 1.29 is 18.7 Å². The minimum absolute atomic E-state index is 0.0997. The molecule has 5 heteroatoms. The lowest BCUT2D eigenvalue weighted by Crippen LogP contribution is -2.33. The number of methoxy groups -OCH3 is 2. The summed E-state index contributed by atoms with van der Waals surface area (Å²) in [4.78, 5) is 11.1. The Balaban J connectivity index is 2.78. The molecule has 0 aliphatic carbocycles. The molecule has 0 spiro atoms. The monoisotopic (exact) mass is 227 g/mol. The average Bonchev–Trinajstić information content (AvgIpc) is 2.30. The van der Waals surface area contributed by atoms with E-state index >= 15 is 0 Å². The molecule has 1 atom stereocenters. The summed E-state index contributed by atoms with van der Waals surface area (Å²) in [5, 5.41) is 0. The van der Waals surface area contributed by atoms with Gasteiger partial charge in [-0.25, -0.2) is 4.39 Å². The molecule has 88 valence electrons. The van der Waals surface area contributed by atoms with Crippen molar-refractivity contribution >= 4 is 5.97 Å². The van der Waals surface area contributed by atoms with Gasteiger partial charge in [-0.3, -0.25) is 4.79 Å². The van der Waals surface area contributed by atoms with Crippen LogP contribution in [0.5, 0.6) is 5.75 Å². The van der Waals surface area contributed by atoms with E-state index in [-0.39, 0.29) is 6.42 Å². The summed E-state index contributed by atoms with van der Waals surface area (Å²) in [7, 11) is 2.70. The Morgan fingerprint density at radius 2 is 2.19 bits per heavy atom. The van der Waals surface area contributed by atoms with Crippen LogP contribution in [0.3, 0.4) is 0 Å². The third kappa shape index (κ3) is 2.93. The fourth-order valence-corrected chi connectivity index (χ4v) is 1.29. The molecular weight excluding hydrogens is 213 g/mol. The van der Waals surface area contributed by atoms with E-state index in [0.717, 1.165) is 0 Å². The van der Waals surface area contributed by atoms with Crippen LogP contribution in [0, 0.1) is 5.82 Å². The highest BCUT2D eigenvalue weighted by Gasteiger charge is 2.16. The maximum absolute atomic E-state index is 13.5. The third-order valence-electron chi connectivity index (χ3n) is 2.20. The van der Waals surface area contributed by atoms with E-state index in [2.05, 4.69) is 4.74 Å². The molecule has 4 nitrogen and oxygen atoms in total. The van der Waals surface area contributed by atoms with Crippen molar-refractivity contribution in [2.24, 2.45) is 5.73 Å². The maximum atomic E-state index is 13.5. The molecule has 0 saturated heterocycles. The van der Waals surface area contributed by atoms with E-state index in [4.69, 9.17) is 10.5 Å². The molecule has 0 fully saturated rings. The fraction of sp³-hybridized carbons (Fsp3) is 0.364. The summed E-state index contributed by atoms with van der Waals surface area (Å²) in [6.07, 6.45) is 0.0997. The summed E-state index contributed by atoms with van der Waals surface area (Å²) in [6, 6.07) is 3.55. The molecule has 0 unspecified atom stereocenters. The zero-order valence-corrected chi connectivity index (χ0v) is 9.20. The van der Waals surface area contributed by atoms with E-state index < -0.39 is 17.8 Å². The topological polar surface area (TPSA) is 61.5 Å². The number of hydrogen-bond donors (Lipinski definition) is 1. The molecule has 16 heavy (non-hydrogen) atoms. The van der Waals surface area contributed by atoms with Crippen molar-refractivity contribution in [2.45, 2.75) is 12.5 Å². The Labute approximate surface area is 93.2 Å². The Bertz CT molecular complexity index is 381. The van der Waals surface area contributed by atoms with Crippen LogP contribution in [0.2, 0.25) is 0 Å². The van der Waals surface area contributed by atoms with Gasteiger partial charge in [0.05, 0.1) is 14.2 Å². The summed E-state index contributed by atoms with van der Waals surface area (Å²) in [5.41, 5.74) is 5.89. The fourth-order valence-electron chi connectivity index (χ4n) is 1.29. The summed E-state index contributed by atoms with van der Waals surface area (Å²) in [5.74, 6) is -0.582. The number of rotatable bonds is 4. The van der Waals surface area contributed by atoms with Gasteiger partial charge < -0.3 is 15.2 Å². The average molecular weight is 227 g/mol. The van der Waals surface area contributed by atoms with Gasteiger partial charge in [-0.15, -0.1) is 0 Å². The van der Waals surface area contributed by atoms with Crippen molar-refractivity contribution in [3.05, 3.63) is 29.6 Å². The van der Waals surface area contributed by atoms with E-state index in [1.807, 2.05) is 0 Å². The summed E-state index contributed by atoms with van der Waals surface area (Å²) in [6.45, 7) is 0. The van der Waals surface area contributed by atoms with E-state index in [1.54, 1.807) is 6.07 Å². The van der Waals surface area contributed by atoms with Gasteiger partial charge in [0.1, 0.15) is 17.6 Å². The summed E-state index contributed by atoms with van der Waals surface area (Å²) >= 11 is 0. The second-order valence-corrected chi connectivity index (χ2v) is 3.29.